The number of carbonyl (C=O) groups excluding carboxylic acids is 1. The maximum absolute atomic E-state index is 14.7. The van der Waals surface area contributed by atoms with Gasteiger partial charge in [0.2, 0.25) is 0 Å². The number of pyridine rings is 1. The molecule has 0 aliphatic carbocycles. The zero-order valence-corrected chi connectivity index (χ0v) is 22.2. The summed E-state index contributed by atoms with van der Waals surface area (Å²) in [6.07, 6.45) is 3.05. The van der Waals surface area contributed by atoms with Gasteiger partial charge in [0.25, 0.3) is 11.5 Å². The van der Waals surface area contributed by atoms with Crippen LogP contribution in [0.15, 0.2) is 59.4 Å². The van der Waals surface area contributed by atoms with E-state index in [4.69, 9.17) is 9.47 Å². The largest absolute Gasteiger partial charge is 0.353 e. The van der Waals surface area contributed by atoms with Crippen molar-refractivity contribution >= 4 is 38.8 Å². The van der Waals surface area contributed by atoms with Crippen molar-refractivity contribution in [1.82, 2.24) is 9.47 Å². The number of ether oxygens (including phenoxy) is 2. The number of thiophene rings is 1. The van der Waals surface area contributed by atoms with E-state index in [0.29, 0.717) is 47.7 Å². The fraction of sp³-hybridized carbons (Fsp3) is 0.310. The Morgan fingerprint density at radius 3 is 2.55 bits per heavy atom. The molecule has 0 radical (unpaired) electrons. The molecule has 1 amide bonds. The molecule has 208 valence electrons. The molecule has 1 unspecified atom stereocenters. The summed E-state index contributed by atoms with van der Waals surface area (Å²) in [6, 6.07) is 11.4. The van der Waals surface area contributed by atoms with Gasteiger partial charge in [-0.25, -0.2) is 13.2 Å². The smallest absolute Gasteiger partial charge is 0.266 e. The highest BCUT2D eigenvalue weighted by atomic mass is 32.1. The van der Waals surface area contributed by atoms with E-state index >= 15 is 0 Å². The Bertz CT molecular complexity index is 1620. The highest BCUT2D eigenvalue weighted by Gasteiger charge is 2.33. The van der Waals surface area contributed by atoms with Gasteiger partial charge in [-0.15, -0.1) is 11.3 Å². The van der Waals surface area contributed by atoms with Crippen molar-refractivity contribution in [2.75, 3.05) is 25.0 Å². The Morgan fingerprint density at radius 2 is 1.80 bits per heavy atom. The fourth-order valence-corrected chi connectivity index (χ4v) is 6.36. The molecule has 2 saturated heterocycles. The second kappa shape index (κ2) is 11.1. The van der Waals surface area contributed by atoms with Crippen LogP contribution >= 0.6 is 11.3 Å². The van der Waals surface area contributed by atoms with Crippen LogP contribution in [0.4, 0.5) is 24.5 Å². The van der Waals surface area contributed by atoms with Crippen molar-refractivity contribution < 1.29 is 27.4 Å². The standard InChI is InChI=1S/C29H26F3N3O4S/c30-17-4-7-19(8-5-17)35-24(36)11-9-21-26(33-23-10-6-18(31)15-22(23)32)27(40-29(21)35)28(37)34-13-12-20(16-34)39-25-3-1-2-14-38-25/h4-11,15,20,25,33H,1-3,12-14,16H2/t20-,25?/m0/s1. The van der Waals surface area contributed by atoms with E-state index in [2.05, 4.69) is 5.32 Å². The molecule has 11 heteroatoms. The molecule has 4 heterocycles. The molecule has 6 rings (SSSR count). The molecule has 2 aromatic carbocycles. The number of carbonyl (C=O) groups is 1. The van der Waals surface area contributed by atoms with Crippen molar-refractivity contribution in [3.8, 4) is 5.69 Å². The van der Waals surface area contributed by atoms with E-state index in [1.54, 1.807) is 11.0 Å². The maximum atomic E-state index is 14.7. The lowest BCUT2D eigenvalue weighted by atomic mass is 10.2. The number of likely N-dealkylation sites (tertiary alicyclic amines) is 1. The Kier molecular flexibility index (Phi) is 7.35. The number of anilines is 2. The summed E-state index contributed by atoms with van der Waals surface area (Å²) in [6.45, 7) is 1.48. The summed E-state index contributed by atoms with van der Waals surface area (Å²) in [7, 11) is 0. The van der Waals surface area contributed by atoms with E-state index in [9.17, 15) is 22.8 Å². The monoisotopic (exact) mass is 569 g/mol. The molecule has 2 aromatic heterocycles. The van der Waals surface area contributed by atoms with Gasteiger partial charge in [-0.3, -0.25) is 14.2 Å². The van der Waals surface area contributed by atoms with Gasteiger partial charge in [0.1, 0.15) is 27.2 Å². The molecule has 2 aliphatic rings. The number of aromatic nitrogens is 1. The summed E-state index contributed by atoms with van der Waals surface area (Å²) < 4.78 is 55.1. The average Bonchev–Trinajstić information content (AvgIpc) is 3.56. The molecule has 2 atom stereocenters. The van der Waals surface area contributed by atoms with Gasteiger partial charge >= 0.3 is 0 Å². The number of fused-ring (bicyclic) bond motifs is 1. The highest BCUT2D eigenvalue weighted by molar-refractivity contribution is 7.21. The quantitative estimate of drug-likeness (QED) is 0.310. The highest BCUT2D eigenvalue weighted by Crippen LogP contribution is 2.39. The normalized spacial score (nSPS) is 19.3. The molecule has 1 N–H and O–H groups in total. The molecule has 0 saturated carbocycles. The third-order valence-corrected chi connectivity index (χ3v) is 8.30. The average molecular weight is 570 g/mol. The molecule has 2 aliphatic heterocycles. The molecular formula is C29H26F3N3O4S. The summed E-state index contributed by atoms with van der Waals surface area (Å²) in [5.74, 6) is -2.32. The van der Waals surface area contributed by atoms with Crippen molar-refractivity contribution in [3.05, 3.63) is 87.3 Å². The molecule has 40 heavy (non-hydrogen) atoms. The Balaban J connectivity index is 1.39. The Labute approximate surface area is 231 Å². The third kappa shape index (κ3) is 5.24. The lowest BCUT2D eigenvalue weighted by Gasteiger charge is -2.26. The minimum atomic E-state index is -0.827. The molecule has 2 fully saturated rings. The van der Waals surface area contributed by atoms with Gasteiger partial charge in [-0.1, -0.05) is 0 Å². The van der Waals surface area contributed by atoms with E-state index in [1.165, 1.54) is 41.0 Å². The molecule has 4 aromatic rings. The first-order chi connectivity index (χ1) is 19.4. The van der Waals surface area contributed by atoms with Crippen molar-refractivity contribution in [2.45, 2.75) is 38.1 Å². The molecular weight excluding hydrogens is 543 g/mol. The number of halogens is 3. The lowest BCUT2D eigenvalue weighted by molar-refractivity contribution is -0.184. The van der Waals surface area contributed by atoms with Gasteiger partial charge in [0, 0.05) is 37.2 Å². The van der Waals surface area contributed by atoms with Crippen molar-refractivity contribution in [2.24, 2.45) is 0 Å². The summed E-state index contributed by atoms with van der Waals surface area (Å²) >= 11 is 1.08. The topological polar surface area (TPSA) is 72.8 Å². The maximum Gasteiger partial charge on any atom is 0.266 e. The van der Waals surface area contributed by atoms with Crippen molar-refractivity contribution in [3.63, 3.8) is 0 Å². The van der Waals surface area contributed by atoms with Crippen LogP contribution in [-0.2, 0) is 9.47 Å². The zero-order chi connectivity index (χ0) is 27.8. The first-order valence-corrected chi connectivity index (χ1v) is 13.9. The number of amides is 1. The number of benzene rings is 2. The van der Waals surface area contributed by atoms with Crippen LogP contribution in [0, 0.1) is 17.5 Å². The van der Waals surface area contributed by atoms with E-state index in [0.717, 1.165) is 42.7 Å². The van der Waals surface area contributed by atoms with Crippen LogP contribution in [0.25, 0.3) is 15.9 Å². The SMILES string of the molecule is O=C(c1sc2c(ccc(=O)n2-c2ccc(F)cc2)c1Nc1ccc(F)cc1F)N1CC[C@H](OC2CCCCO2)C1. The van der Waals surface area contributed by atoms with Gasteiger partial charge in [0.15, 0.2) is 6.29 Å². The summed E-state index contributed by atoms with van der Waals surface area (Å²) in [5.41, 5.74) is 0.318. The Hall–Kier alpha value is -3.67. The summed E-state index contributed by atoms with van der Waals surface area (Å²) in [5, 5.41) is 3.46. The van der Waals surface area contributed by atoms with Crippen LogP contribution in [0.2, 0.25) is 0 Å². The number of hydrogen-bond donors (Lipinski definition) is 1. The Morgan fingerprint density at radius 1 is 1.00 bits per heavy atom. The van der Waals surface area contributed by atoms with Gasteiger partial charge in [-0.2, -0.15) is 0 Å². The molecule has 0 bridgehead atoms. The zero-order valence-electron chi connectivity index (χ0n) is 21.4. The van der Waals surface area contributed by atoms with Crippen LogP contribution in [0.5, 0.6) is 0 Å². The second-order valence-corrected chi connectivity index (χ2v) is 10.9. The van der Waals surface area contributed by atoms with Crippen LogP contribution in [0.3, 0.4) is 0 Å². The van der Waals surface area contributed by atoms with E-state index in [-0.39, 0.29) is 34.4 Å². The predicted molar refractivity (Wildman–Crippen MR) is 146 cm³/mol. The second-order valence-electron chi connectivity index (χ2n) is 9.85. The lowest BCUT2D eigenvalue weighted by Crippen LogP contribution is -2.32. The van der Waals surface area contributed by atoms with Gasteiger partial charge in [0.05, 0.1) is 23.2 Å². The molecule has 0 spiro atoms. The fourth-order valence-electron chi connectivity index (χ4n) is 5.12. The first kappa shape index (κ1) is 26.5. The summed E-state index contributed by atoms with van der Waals surface area (Å²) in [4.78, 5) is 29.2. The minimum Gasteiger partial charge on any atom is -0.353 e. The van der Waals surface area contributed by atoms with Gasteiger partial charge in [-0.05, 0) is 68.1 Å². The molecule has 7 nitrogen and oxygen atoms in total. The minimum absolute atomic E-state index is 0.0215. The van der Waals surface area contributed by atoms with Crippen LogP contribution < -0.4 is 10.9 Å². The van der Waals surface area contributed by atoms with Crippen molar-refractivity contribution in [1.29, 1.82) is 0 Å². The van der Waals surface area contributed by atoms with E-state index in [1.807, 2.05) is 0 Å². The number of rotatable bonds is 6. The predicted octanol–water partition coefficient (Wildman–Crippen LogP) is 5.97. The number of nitrogens with zero attached hydrogens (tertiary/aromatic N) is 2. The number of nitrogens with one attached hydrogen (secondary N) is 1. The number of hydrogen-bond acceptors (Lipinski definition) is 6. The third-order valence-electron chi connectivity index (χ3n) is 7.13. The van der Waals surface area contributed by atoms with E-state index < -0.39 is 17.5 Å². The first-order valence-electron chi connectivity index (χ1n) is 13.1. The van der Waals surface area contributed by atoms with Crippen LogP contribution in [0.1, 0.15) is 35.4 Å². The van der Waals surface area contributed by atoms with Crippen LogP contribution in [-0.4, -0.2) is 47.5 Å². The van der Waals surface area contributed by atoms with Gasteiger partial charge < -0.3 is 19.7 Å².